The second-order valence-corrected chi connectivity index (χ2v) is 9.39. The number of aryl methyl sites for hydroxylation is 1. The number of carbonyl (C=O) groups excluding carboxylic acids is 1. The van der Waals surface area contributed by atoms with E-state index in [1.807, 2.05) is 6.92 Å². The highest BCUT2D eigenvalue weighted by atomic mass is 32.2. The first kappa shape index (κ1) is 18.0. The van der Waals surface area contributed by atoms with Gasteiger partial charge in [-0.05, 0) is 67.9 Å². The van der Waals surface area contributed by atoms with Gasteiger partial charge in [-0.1, -0.05) is 30.7 Å². The standard InChI is InChI=1S/C21H24N2O3S/c1-14-7-9-17(21(24)22-20-12-15-8-10-16(20)11-15)13-19(14)23-27(25,26)18-5-3-2-4-6-18/h2-7,9,13,15-16,20,23H,8,10-12H2,1H3,(H,22,24)/t15-,16-,20+/m0/s1. The summed E-state index contributed by atoms with van der Waals surface area (Å²) >= 11 is 0. The minimum absolute atomic E-state index is 0.132. The van der Waals surface area contributed by atoms with Gasteiger partial charge in [-0.15, -0.1) is 0 Å². The van der Waals surface area contributed by atoms with Crippen LogP contribution in [-0.2, 0) is 10.0 Å². The van der Waals surface area contributed by atoms with Crippen molar-refractivity contribution in [2.45, 2.75) is 43.5 Å². The first-order valence-electron chi connectivity index (χ1n) is 9.42. The van der Waals surface area contributed by atoms with Crippen LogP contribution in [0.1, 0.15) is 41.6 Å². The third kappa shape index (κ3) is 3.72. The molecule has 0 saturated heterocycles. The first-order valence-corrected chi connectivity index (χ1v) is 10.9. The van der Waals surface area contributed by atoms with Crippen LogP contribution in [0.4, 0.5) is 5.69 Å². The molecule has 0 radical (unpaired) electrons. The third-order valence-corrected chi connectivity index (χ3v) is 7.23. The Bertz CT molecular complexity index is 957. The largest absolute Gasteiger partial charge is 0.349 e. The van der Waals surface area contributed by atoms with Gasteiger partial charge in [-0.25, -0.2) is 8.42 Å². The van der Waals surface area contributed by atoms with E-state index in [0.717, 1.165) is 17.9 Å². The van der Waals surface area contributed by atoms with E-state index in [0.29, 0.717) is 17.2 Å². The van der Waals surface area contributed by atoms with Gasteiger partial charge in [-0.3, -0.25) is 9.52 Å². The summed E-state index contributed by atoms with van der Waals surface area (Å²) in [7, 11) is -3.69. The number of carbonyl (C=O) groups is 1. The maximum absolute atomic E-state index is 12.7. The predicted octanol–water partition coefficient (Wildman–Crippen LogP) is 3.71. The number of hydrogen-bond acceptors (Lipinski definition) is 3. The highest BCUT2D eigenvalue weighted by Gasteiger charge is 2.40. The lowest BCUT2D eigenvalue weighted by atomic mass is 9.95. The minimum Gasteiger partial charge on any atom is -0.349 e. The Morgan fingerprint density at radius 3 is 2.48 bits per heavy atom. The van der Waals surface area contributed by atoms with E-state index in [1.165, 1.54) is 19.3 Å². The molecule has 2 aliphatic carbocycles. The van der Waals surface area contributed by atoms with E-state index >= 15 is 0 Å². The monoisotopic (exact) mass is 384 g/mol. The number of rotatable bonds is 5. The van der Waals surface area contributed by atoms with E-state index in [2.05, 4.69) is 10.0 Å². The number of hydrogen-bond donors (Lipinski definition) is 2. The lowest BCUT2D eigenvalue weighted by molar-refractivity contribution is 0.0923. The second kappa shape index (κ2) is 7.00. The van der Waals surface area contributed by atoms with Crippen molar-refractivity contribution < 1.29 is 13.2 Å². The number of nitrogens with one attached hydrogen (secondary N) is 2. The summed E-state index contributed by atoms with van der Waals surface area (Å²) in [5.41, 5.74) is 1.68. The molecule has 0 aromatic heterocycles. The molecule has 6 heteroatoms. The Hall–Kier alpha value is -2.34. The van der Waals surface area contributed by atoms with Gasteiger partial charge in [0, 0.05) is 11.6 Å². The number of benzene rings is 2. The summed E-state index contributed by atoms with van der Waals surface area (Å²) in [4.78, 5) is 12.9. The molecule has 2 N–H and O–H groups in total. The van der Waals surface area contributed by atoms with E-state index in [4.69, 9.17) is 0 Å². The SMILES string of the molecule is Cc1ccc(C(=O)N[C@@H]2C[C@H]3CC[C@H]2C3)cc1NS(=O)(=O)c1ccccc1. The normalized spacial score (nSPS) is 24.0. The minimum atomic E-state index is -3.69. The molecule has 0 heterocycles. The average molecular weight is 385 g/mol. The maximum Gasteiger partial charge on any atom is 0.261 e. The Labute approximate surface area is 160 Å². The lowest BCUT2D eigenvalue weighted by Crippen LogP contribution is -2.38. The van der Waals surface area contributed by atoms with Crippen molar-refractivity contribution in [3.63, 3.8) is 0 Å². The van der Waals surface area contributed by atoms with Gasteiger partial charge in [0.05, 0.1) is 10.6 Å². The topological polar surface area (TPSA) is 75.3 Å². The second-order valence-electron chi connectivity index (χ2n) is 7.70. The molecule has 2 aliphatic rings. The van der Waals surface area contributed by atoms with Crippen molar-refractivity contribution in [1.82, 2.24) is 5.32 Å². The van der Waals surface area contributed by atoms with Crippen molar-refractivity contribution in [1.29, 1.82) is 0 Å². The van der Waals surface area contributed by atoms with Crippen molar-refractivity contribution in [2.24, 2.45) is 11.8 Å². The zero-order valence-corrected chi connectivity index (χ0v) is 16.1. The van der Waals surface area contributed by atoms with Crippen LogP contribution in [0, 0.1) is 18.8 Å². The van der Waals surface area contributed by atoms with Crippen LogP contribution >= 0.6 is 0 Å². The fraction of sp³-hybridized carbons (Fsp3) is 0.381. The Morgan fingerprint density at radius 2 is 1.81 bits per heavy atom. The van der Waals surface area contributed by atoms with E-state index in [1.54, 1.807) is 48.5 Å². The number of sulfonamides is 1. The molecule has 2 fully saturated rings. The van der Waals surface area contributed by atoms with E-state index in [9.17, 15) is 13.2 Å². The van der Waals surface area contributed by atoms with Crippen LogP contribution in [-0.4, -0.2) is 20.4 Å². The van der Waals surface area contributed by atoms with Gasteiger partial charge in [0.1, 0.15) is 0 Å². The molecule has 142 valence electrons. The first-order chi connectivity index (χ1) is 12.9. The molecule has 3 atom stereocenters. The summed E-state index contributed by atoms with van der Waals surface area (Å²) in [5.74, 6) is 1.22. The molecule has 5 nitrogen and oxygen atoms in total. The summed E-state index contributed by atoms with van der Waals surface area (Å²) in [6, 6.07) is 13.6. The van der Waals surface area contributed by atoms with Gasteiger partial charge in [0.15, 0.2) is 0 Å². The maximum atomic E-state index is 12.7. The predicted molar refractivity (Wildman–Crippen MR) is 105 cm³/mol. The van der Waals surface area contributed by atoms with Crippen LogP contribution in [0.3, 0.4) is 0 Å². The molecule has 0 unspecified atom stereocenters. The molecule has 2 aromatic rings. The molecule has 1 amide bonds. The number of fused-ring (bicyclic) bond motifs is 2. The molecule has 4 rings (SSSR count). The van der Waals surface area contributed by atoms with Crippen LogP contribution in [0.5, 0.6) is 0 Å². The average Bonchev–Trinajstić information content (AvgIpc) is 3.27. The highest BCUT2D eigenvalue weighted by molar-refractivity contribution is 7.92. The molecule has 2 bridgehead atoms. The van der Waals surface area contributed by atoms with Crippen molar-refractivity contribution in [2.75, 3.05) is 4.72 Å². The van der Waals surface area contributed by atoms with Gasteiger partial charge >= 0.3 is 0 Å². The summed E-state index contributed by atoms with van der Waals surface area (Å²) in [6.45, 7) is 1.82. The van der Waals surface area contributed by atoms with Crippen LogP contribution in [0.2, 0.25) is 0 Å². The van der Waals surface area contributed by atoms with E-state index < -0.39 is 10.0 Å². The molecule has 27 heavy (non-hydrogen) atoms. The van der Waals surface area contributed by atoms with Crippen LogP contribution < -0.4 is 10.0 Å². The molecular weight excluding hydrogens is 360 g/mol. The molecule has 2 saturated carbocycles. The fourth-order valence-electron chi connectivity index (χ4n) is 4.35. The van der Waals surface area contributed by atoms with Gasteiger partial charge < -0.3 is 5.32 Å². The van der Waals surface area contributed by atoms with Crippen molar-refractivity contribution in [3.8, 4) is 0 Å². The zero-order valence-electron chi connectivity index (χ0n) is 15.3. The Morgan fingerprint density at radius 1 is 1.04 bits per heavy atom. The van der Waals surface area contributed by atoms with Gasteiger partial charge in [0.25, 0.3) is 15.9 Å². The quantitative estimate of drug-likeness (QED) is 0.825. The third-order valence-electron chi connectivity index (χ3n) is 5.85. The molecule has 0 spiro atoms. The molecular formula is C21H24N2O3S. The summed E-state index contributed by atoms with van der Waals surface area (Å²) in [5, 5.41) is 3.15. The smallest absolute Gasteiger partial charge is 0.261 e. The van der Waals surface area contributed by atoms with Gasteiger partial charge in [-0.2, -0.15) is 0 Å². The number of anilines is 1. The van der Waals surface area contributed by atoms with Crippen LogP contribution in [0.25, 0.3) is 0 Å². The highest BCUT2D eigenvalue weighted by Crippen LogP contribution is 2.44. The van der Waals surface area contributed by atoms with Crippen LogP contribution in [0.15, 0.2) is 53.4 Å². The number of amides is 1. The van der Waals surface area contributed by atoms with E-state index in [-0.39, 0.29) is 16.8 Å². The van der Waals surface area contributed by atoms with Crippen molar-refractivity contribution in [3.05, 3.63) is 59.7 Å². The molecule has 2 aromatic carbocycles. The lowest BCUT2D eigenvalue weighted by Gasteiger charge is -2.23. The van der Waals surface area contributed by atoms with Crippen molar-refractivity contribution >= 4 is 21.6 Å². The summed E-state index contributed by atoms with van der Waals surface area (Å²) in [6.07, 6.45) is 4.77. The fourth-order valence-corrected chi connectivity index (χ4v) is 5.49. The zero-order chi connectivity index (χ0) is 19.0. The Kier molecular flexibility index (Phi) is 4.68. The summed E-state index contributed by atoms with van der Waals surface area (Å²) < 4.78 is 27.8. The van der Waals surface area contributed by atoms with Gasteiger partial charge in [0.2, 0.25) is 0 Å². The Balaban J connectivity index is 1.52. The molecule has 0 aliphatic heterocycles.